The molecule has 0 unspecified atom stereocenters. The van der Waals surface area contributed by atoms with Crippen LogP contribution in [0.2, 0.25) is 0 Å². The topological polar surface area (TPSA) is 40.6 Å². The van der Waals surface area contributed by atoms with Crippen LogP contribution in [0.4, 0.5) is 18.9 Å². The van der Waals surface area contributed by atoms with Gasteiger partial charge in [0.25, 0.3) is 0 Å². The Morgan fingerprint density at radius 3 is 2.50 bits per heavy atom. The zero-order valence-corrected chi connectivity index (χ0v) is 14.8. The van der Waals surface area contributed by atoms with Crippen molar-refractivity contribution in [1.29, 1.82) is 0 Å². The Balaban J connectivity index is 2.01. The van der Waals surface area contributed by atoms with Crippen molar-refractivity contribution in [3.8, 4) is 0 Å². The van der Waals surface area contributed by atoms with E-state index in [2.05, 4.69) is 0 Å². The fourth-order valence-corrected chi connectivity index (χ4v) is 2.79. The van der Waals surface area contributed by atoms with Crippen LogP contribution in [-0.2, 0) is 9.59 Å². The number of hydrogen-bond donors (Lipinski definition) is 0. The van der Waals surface area contributed by atoms with Crippen molar-refractivity contribution in [2.24, 2.45) is 0 Å². The molecule has 0 atom stereocenters. The van der Waals surface area contributed by atoms with Gasteiger partial charge in [-0.15, -0.1) is 0 Å². The molecule has 0 spiro atoms. The van der Waals surface area contributed by atoms with Crippen molar-refractivity contribution in [2.75, 3.05) is 24.5 Å². The highest BCUT2D eigenvalue weighted by Gasteiger charge is 2.32. The molecule has 1 aliphatic heterocycles. The molecule has 0 saturated carbocycles. The summed E-state index contributed by atoms with van der Waals surface area (Å²) in [5.74, 6) is -0.572. The lowest BCUT2D eigenvalue weighted by atomic mass is 10.1. The monoisotopic (exact) mass is 368 g/mol. The van der Waals surface area contributed by atoms with Gasteiger partial charge in [0.15, 0.2) is 0 Å². The molecule has 1 heterocycles. The van der Waals surface area contributed by atoms with Crippen LogP contribution in [0.1, 0.15) is 38.2 Å². The minimum Gasteiger partial charge on any atom is -0.330 e. The molecule has 1 saturated heterocycles. The number of alkyl halides is 3. The Morgan fingerprint density at radius 2 is 1.96 bits per heavy atom. The van der Waals surface area contributed by atoms with Gasteiger partial charge in [-0.1, -0.05) is 25.5 Å². The van der Waals surface area contributed by atoms with Gasteiger partial charge in [-0.3, -0.25) is 9.59 Å². The average Bonchev–Trinajstić information content (AvgIpc) is 3.02. The molecule has 7 heteroatoms. The molecule has 0 radical (unpaired) electrons. The van der Waals surface area contributed by atoms with Crippen LogP contribution in [0.25, 0.3) is 6.08 Å². The molecule has 26 heavy (non-hydrogen) atoms. The van der Waals surface area contributed by atoms with Crippen LogP contribution in [0, 0.1) is 0 Å². The maximum atomic E-state index is 12.6. The number of hydrogen-bond acceptors (Lipinski definition) is 2. The summed E-state index contributed by atoms with van der Waals surface area (Å²) in [6.07, 6.45) is 0.854. The Hall–Kier alpha value is -2.31. The lowest BCUT2D eigenvalue weighted by molar-refractivity contribution is -0.158. The Labute approximate surface area is 151 Å². The predicted molar refractivity (Wildman–Crippen MR) is 94.6 cm³/mol. The van der Waals surface area contributed by atoms with E-state index in [9.17, 15) is 22.8 Å². The van der Waals surface area contributed by atoms with Gasteiger partial charge in [0.2, 0.25) is 11.8 Å². The summed E-state index contributed by atoms with van der Waals surface area (Å²) in [7, 11) is 0. The largest absolute Gasteiger partial charge is 0.406 e. The van der Waals surface area contributed by atoms with Crippen LogP contribution in [0.3, 0.4) is 0 Å². The lowest BCUT2D eigenvalue weighted by Gasteiger charge is -2.22. The van der Waals surface area contributed by atoms with E-state index in [1.165, 1.54) is 6.08 Å². The Bertz CT molecular complexity index is 654. The summed E-state index contributed by atoms with van der Waals surface area (Å²) in [6, 6.07) is 7.03. The van der Waals surface area contributed by atoms with Gasteiger partial charge in [-0.05, 0) is 36.6 Å². The second-order valence-corrected chi connectivity index (χ2v) is 6.30. The molecule has 1 aromatic carbocycles. The van der Waals surface area contributed by atoms with E-state index in [4.69, 9.17) is 0 Å². The highest BCUT2D eigenvalue weighted by atomic mass is 19.4. The van der Waals surface area contributed by atoms with Crippen LogP contribution < -0.4 is 4.90 Å². The van der Waals surface area contributed by atoms with Crippen LogP contribution >= 0.6 is 0 Å². The smallest absolute Gasteiger partial charge is 0.330 e. The number of carbonyl (C=O) groups excluding carboxylic acids is 2. The first-order valence-corrected chi connectivity index (χ1v) is 8.74. The fourth-order valence-electron chi connectivity index (χ4n) is 2.79. The summed E-state index contributed by atoms with van der Waals surface area (Å²) in [5.41, 5.74) is 1.48. The molecule has 1 aliphatic rings. The molecule has 142 valence electrons. The van der Waals surface area contributed by atoms with Crippen molar-refractivity contribution >= 4 is 23.6 Å². The van der Waals surface area contributed by atoms with Gasteiger partial charge in [-0.25, -0.2) is 0 Å². The zero-order valence-electron chi connectivity index (χ0n) is 14.8. The molecule has 0 bridgehead atoms. The third kappa shape index (κ3) is 5.89. The van der Waals surface area contributed by atoms with Gasteiger partial charge in [0, 0.05) is 31.3 Å². The van der Waals surface area contributed by atoms with Crippen molar-refractivity contribution in [3.63, 3.8) is 0 Å². The molecule has 2 rings (SSSR count). The van der Waals surface area contributed by atoms with Gasteiger partial charge >= 0.3 is 6.18 Å². The number of benzene rings is 1. The molecule has 1 fully saturated rings. The standard InChI is InChI=1S/C19H23F3N2O2/c1-2-3-12-23(14-19(20,21)22)17(25)11-8-15-6-9-16(10-7-15)24-13-4-5-18(24)26/h6-11H,2-5,12-14H2,1H3. The van der Waals surface area contributed by atoms with E-state index in [-0.39, 0.29) is 12.5 Å². The second kappa shape index (κ2) is 8.87. The summed E-state index contributed by atoms with van der Waals surface area (Å²) in [5, 5.41) is 0. The Kier molecular flexibility index (Phi) is 6.83. The molecule has 1 aromatic rings. The molecule has 4 nitrogen and oxygen atoms in total. The zero-order chi connectivity index (χ0) is 19.2. The third-order valence-corrected chi connectivity index (χ3v) is 4.16. The first-order chi connectivity index (χ1) is 12.3. The first-order valence-electron chi connectivity index (χ1n) is 8.74. The normalized spacial score (nSPS) is 15.1. The maximum Gasteiger partial charge on any atom is 0.406 e. The van der Waals surface area contributed by atoms with Gasteiger partial charge in [0.1, 0.15) is 6.54 Å². The number of rotatable bonds is 7. The fraction of sp³-hybridized carbons (Fsp3) is 0.474. The second-order valence-electron chi connectivity index (χ2n) is 6.30. The van der Waals surface area contributed by atoms with E-state index >= 15 is 0 Å². The number of carbonyl (C=O) groups is 2. The predicted octanol–water partition coefficient (Wildman–Crippen LogP) is 4.02. The number of unbranched alkanes of at least 4 members (excludes halogenated alkanes) is 1. The minimum absolute atomic E-state index is 0.0786. The highest BCUT2D eigenvalue weighted by molar-refractivity contribution is 5.95. The number of amides is 2. The van der Waals surface area contributed by atoms with Crippen LogP contribution in [0.15, 0.2) is 30.3 Å². The average molecular weight is 368 g/mol. The van der Waals surface area contributed by atoms with Gasteiger partial charge in [0.05, 0.1) is 0 Å². The molecule has 0 aromatic heterocycles. The number of anilines is 1. The summed E-state index contributed by atoms with van der Waals surface area (Å²) in [6.45, 7) is 1.39. The summed E-state index contributed by atoms with van der Waals surface area (Å²) in [4.78, 5) is 26.3. The molecular weight excluding hydrogens is 345 g/mol. The molecular formula is C19H23F3N2O2. The van der Waals surface area contributed by atoms with Crippen molar-refractivity contribution in [1.82, 2.24) is 4.90 Å². The number of nitrogens with zero attached hydrogens (tertiary/aromatic N) is 2. The van der Waals surface area contributed by atoms with E-state index in [1.807, 2.05) is 6.92 Å². The lowest BCUT2D eigenvalue weighted by Crippen LogP contribution is -2.38. The van der Waals surface area contributed by atoms with Crippen molar-refractivity contribution in [2.45, 2.75) is 38.8 Å². The summed E-state index contributed by atoms with van der Waals surface area (Å²) < 4.78 is 37.9. The SMILES string of the molecule is CCCCN(CC(F)(F)F)C(=O)C=Cc1ccc(N2CCCC2=O)cc1. The Morgan fingerprint density at radius 1 is 1.27 bits per heavy atom. The third-order valence-electron chi connectivity index (χ3n) is 4.16. The maximum absolute atomic E-state index is 12.6. The van der Waals surface area contributed by atoms with E-state index in [1.54, 1.807) is 29.2 Å². The summed E-state index contributed by atoms with van der Waals surface area (Å²) >= 11 is 0. The van der Waals surface area contributed by atoms with E-state index < -0.39 is 18.6 Å². The molecule has 0 N–H and O–H groups in total. The van der Waals surface area contributed by atoms with Crippen LogP contribution in [-0.4, -0.2) is 42.5 Å². The van der Waals surface area contributed by atoms with Gasteiger partial charge in [-0.2, -0.15) is 13.2 Å². The minimum atomic E-state index is -4.42. The molecule has 2 amide bonds. The quantitative estimate of drug-likeness (QED) is 0.682. The van der Waals surface area contributed by atoms with E-state index in [0.717, 1.165) is 23.1 Å². The highest BCUT2D eigenvalue weighted by Crippen LogP contribution is 2.22. The first kappa shape index (κ1) is 20.0. The van der Waals surface area contributed by atoms with Crippen molar-refractivity contribution in [3.05, 3.63) is 35.9 Å². The molecule has 0 aliphatic carbocycles. The van der Waals surface area contributed by atoms with Gasteiger partial charge < -0.3 is 9.80 Å². The van der Waals surface area contributed by atoms with E-state index in [0.29, 0.717) is 31.4 Å². The number of halogens is 3. The van der Waals surface area contributed by atoms with Crippen LogP contribution in [0.5, 0.6) is 0 Å². The van der Waals surface area contributed by atoms with Crippen molar-refractivity contribution < 1.29 is 22.8 Å².